The lowest BCUT2D eigenvalue weighted by molar-refractivity contribution is -0.118. The first-order valence-corrected chi connectivity index (χ1v) is 8.37. The van der Waals surface area contributed by atoms with Crippen LogP contribution in [-0.4, -0.2) is 28.3 Å². The molecule has 6 heteroatoms. The summed E-state index contributed by atoms with van der Waals surface area (Å²) in [6.45, 7) is 4.44. The van der Waals surface area contributed by atoms with Crippen molar-refractivity contribution >= 4 is 23.2 Å². The largest absolute Gasteiger partial charge is 0.311 e. The van der Waals surface area contributed by atoms with Crippen molar-refractivity contribution in [2.24, 2.45) is 0 Å². The number of rotatable bonds is 6. The molecule has 1 atom stereocenters. The first-order valence-electron chi connectivity index (χ1n) is 7.99. The molecule has 23 heavy (non-hydrogen) atoms. The molecule has 0 saturated carbocycles. The van der Waals surface area contributed by atoms with Gasteiger partial charge in [0.05, 0.1) is 12.2 Å². The number of hydrogen-bond donors (Lipinski definition) is 1. The van der Waals surface area contributed by atoms with Gasteiger partial charge in [-0.25, -0.2) is 0 Å². The maximum absolute atomic E-state index is 12.5. The third kappa shape index (κ3) is 3.74. The fourth-order valence-corrected chi connectivity index (χ4v) is 2.96. The van der Waals surface area contributed by atoms with Crippen LogP contribution in [-0.2, 0) is 17.9 Å². The summed E-state index contributed by atoms with van der Waals surface area (Å²) in [5.41, 5.74) is 2.01. The van der Waals surface area contributed by atoms with Crippen molar-refractivity contribution in [2.75, 3.05) is 11.4 Å². The number of nitrogens with one attached hydrogen (secondary N) is 1. The number of halogens is 1. The van der Waals surface area contributed by atoms with Gasteiger partial charge in [-0.3, -0.25) is 9.48 Å². The van der Waals surface area contributed by atoms with Crippen LogP contribution in [0.25, 0.3) is 0 Å². The summed E-state index contributed by atoms with van der Waals surface area (Å²) in [5, 5.41) is 8.33. The molecule has 0 bridgehead atoms. The number of amides is 1. The second kappa shape index (κ2) is 7.15. The van der Waals surface area contributed by atoms with Gasteiger partial charge in [-0.05, 0) is 37.1 Å². The molecule has 1 aliphatic heterocycles. The molecule has 0 radical (unpaired) electrons. The number of carbonyl (C=O) groups is 1. The Morgan fingerprint density at radius 2 is 2.13 bits per heavy atom. The first kappa shape index (κ1) is 16.0. The molecule has 2 aromatic rings. The second-order valence-electron chi connectivity index (χ2n) is 5.80. The van der Waals surface area contributed by atoms with Gasteiger partial charge < -0.3 is 10.2 Å². The van der Waals surface area contributed by atoms with Crippen LogP contribution >= 0.6 is 11.6 Å². The van der Waals surface area contributed by atoms with Crippen molar-refractivity contribution < 1.29 is 4.79 Å². The van der Waals surface area contributed by atoms with Gasteiger partial charge in [0, 0.05) is 42.1 Å². The topological polar surface area (TPSA) is 50.2 Å². The zero-order valence-electron chi connectivity index (χ0n) is 13.2. The van der Waals surface area contributed by atoms with E-state index in [2.05, 4.69) is 17.3 Å². The number of aryl methyl sites for hydroxylation is 1. The maximum Gasteiger partial charge on any atom is 0.244 e. The predicted octanol–water partition coefficient (Wildman–Crippen LogP) is 2.84. The summed E-state index contributed by atoms with van der Waals surface area (Å²) in [6.07, 6.45) is 5.77. The molecular formula is C17H21ClN4O. The molecule has 1 aliphatic rings. The average molecular weight is 333 g/mol. The molecule has 1 fully saturated rings. The lowest BCUT2D eigenvalue weighted by Crippen LogP contribution is -2.37. The lowest BCUT2D eigenvalue weighted by Gasteiger charge is -2.17. The number of anilines is 1. The molecule has 122 valence electrons. The van der Waals surface area contributed by atoms with E-state index in [1.165, 1.54) is 0 Å². The third-order valence-corrected chi connectivity index (χ3v) is 4.29. The average Bonchev–Trinajstić information content (AvgIpc) is 3.14. The van der Waals surface area contributed by atoms with E-state index >= 15 is 0 Å². The van der Waals surface area contributed by atoms with Gasteiger partial charge in [0.15, 0.2) is 0 Å². The summed E-state index contributed by atoms with van der Waals surface area (Å²) in [5.74, 6) is 0.119. The molecule has 0 aliphatic carbocycles. The maximum atomic E-state index is 12.5. The minimum atomic E-state index is -0.139. The SMILES string of the molecule is CCCn1cc(CN[C@H]2CCN(c3ccc(Cl)cc3)C2=O)cn1. The van der Waals surface area contributed by atoms with Crippen LogP contribution in [0.15, 0.2) is 36.7 Å². The van der Waals surface area contributed by atoms with Crippen LogP contribution in [0.1, 0.15) is 25.3 Å². The molecule has 1 aromatic heterocycles. The van der Waals surface area contributed by atoms with Crippen molar-refractivity contribution in [3.05, 3.63) is 47.2 Å². The summed E-state index contributed by atoms with van der Waals surface area (Å²) in [7, 11) is 0. The minimum absolute atomic E-state index is 0.119. The van der Waals surface area contributed by atoms with E-state index in [0.29, 0.717) is 11.6 Å². The minimum Gasteiger partial charge on any atom is -0.311 e. The Labute approximate surface area is 141 Å². The summed E-state index contributed by atoms with van der Waals surface area (Å²) in [4.78, 5) is 14.3. The Kier molecular flexibility index (Phi) is 4.98. The molecule has 2 heterocycles. The zero-order valence-corrected chi connectivity index (χ0v) is 14.0. The highest BCUT2D eigenvalue weighted by Gasteiger charge is 2.32. The van der Waals surface area contributed by atoms with E-state index in [4.69, 9.17) is 11.6 Å². The summed E-state index contributed by atoms with van der Waals surface area (Å²) in [6, 6.07) is 7.26. The quantitative estimate of drug-likeness (QED) is 0.885. The van der Waals surface area contributed by atoms with Gasteiger partial charge in [-0.1, -0.05) is 18.5 Å². The summed E-state index contributed by atoms with van der Waals surface area (Å²) < 4.78 is 1.94. The molecule has 1 saturated heterocycles. The molecule has 1 aromatic carbocycles. The third-order valence-electron chi connectivity index (χ3n) is 4.04. The Balaban J connectivity index is 1.57. The highest BCUT2D eigenvalue weighted by Crippen LogP contribution is 2.23. The van der Waals surface area contributed by atoms with Crippen LogP contribution in [0.5, 0.6) is 0 Å². The number of benzene rings is 1. The standard InChI is InChI=1S/C17H21ClN4O/c1-2-8-21-12-13(11-20-21)10-19-16-7-9-22(17(16)23)15-5-3-14(18)4-6-15/h3-6,11-12,16,19H,2,7-10H2,1H3/t16-/m0/s1. The molecular weight excluding hydrogens is 312 g/mol. The van der Waals surface area contributed by atoms with Gasteiger partial charge in [0.25, 0.3) is 0 Å². The van der Waals surface area contributed by atoms with Crippen molar-refractivity contribution in [2.45, 2.75) is 38.9 Å². The van der Waals surface area contributed by atoms with E-state index in [1.54, 1.807) is 0 Å². The highest BCUT2D eigenvalue weighted by molar-refractivity contribution is 6.30. The molecule has 1 N–H and O–H groups in total. The predicted molar refractivity (Wildman–Crippen MR) is 91.6 cm³/mol. The molecule has 0 spiro atoms. The van der Waals surface area contributed by atoms with Crippen LogP contribution in [0.4, 0.5) is 5.69 Å². The molecule has 1 amide bonds. The van der Waals surface area contributed by atoms with E-state index < -0.39 is 0 Å². The van der Waals surface area contributed by atoms with E-state index in [-0.39, 0.29) is 11.9 Å². The van der Waals surface area contributed by atoms with Crippen LogP contribution < -0.4 is 10.2 Å². The fraction of sp³-hybridized carbons (Fsp3) is 0.412. The van der Waals surface area contributed by atoms with Gasteiger partial charge >= 0.3 is 0 Å². The smallest absolute Gasteiger partial charge is 0.244 e. The second-order valence-corrected chi connectivity index (χ2v) is 6.24. The van der Waals surface area contributed by atoms with Gasteiger partial charge in [0.1, 0.15) is 0 Å². The Bertz CT molecular complexity index is 667. The highest BCUT2D eigenvalue weighted by atomic mass is 35.5. The van der Waals surface area contributed by atoms with Crippen molar-refractivity contribution in [1.82, 2.24) is 15.1 Å². The van der Waals surface area contributed by atoms with Crippen molar-refractivity contribution in [1.29, 1.82) is 0 Å². The zero-order chi connectivity index (χ0) is 16.2. The molecule has 5 nitrogen and oxygen atoms in total. The van der Waals surface area contributed by atoms with Gasteiger partial charge in [0.2, 0.25) is 5.91 Å². The van der Waals surface area contributed by atoms with Crippen LogP contribution in [0, 0.1) is 0 Å². The number of nitrogens with zero attached hydrogens (tertiary/aromatic N) is 3. The Morgan fingerprint density at radius 3 is 2.87 bits per heavy atom. The van der Waals surface area contributed by atoms with Gasteiger partial charge in [-0.2, -0.15) is 5.10 Å². The normalized spacial score (nSPS) is 17.9. The first-order chi connectivity index (χ1) is 11.2. The van der Waals surface area contributed by atoms with Crippen LogP contribution in [0.2, 0.25) is 5.02 Å². The van der Waals surface area contributed by atoms with Gasteiger partial charge in [-0.15, -0.1) is 0 Å². The van der Waals surface area contributed by atoms with Crippen molar-refractivity contribution in [3.8, 4) is 0 Å². The number of aromatic nitrogens is 2. The molecule has 0 unspecified atom stereocenters. The lowest BCUT2D eigenvalue weighted by atomic mass is 10.2. The van der Waals surface area contributed by atoms with E-state index in [1.807, 2.05) is 46.2 Å². The van der Waals surface area contributed by atoms with Crippen LogP contribution in [0.3, 0.4) is 0 Å². The van der Waals surface area contributed by atoms with Crippen molar-refractivity contribution in [3.63, 3.8) is 0 Å². The number of hydrogen-bond acceptors (Lipinski definition) is 3. The fourth-order valence-electron chi connectivity index (χ4n) is 2.84. The Hall–Kier alpha value is -1.85. The summed E-state index contributed by atoms with van der Waals surface area (Å²) >= 11 is 5.90. The number of carbonyl (C=O) groups excluding carboxylic acids is 1. The van der Waals surface area contributed by atoms with E-state index in [9.17, 15) is 4.79 Å². The Morgan fingerprint density at radius 1 is 1.35 bits per heavy atom. The molecule has 3 rings (SSSR count). The monoisotopic (exact) mass is 332 g/mol. The van der Waals surface area contributed by atoms with E-state index in [0.717, 1.165) is 37.2 Å².